The number of nitriles is 2. The number of benzene rings is 3. The molecule has 0 aliphatic heterocycles. The van der Waals surface area contributed by atoms with E-state index in [-0.39, 0.29) is 35.3 Å². The summed E-state index contributed by atoms with van der Waals surface area (Å²) in [5.41, 5.74) is 2.10. The van der Waals surface area contributed by atoms with Gasteiger partial charge in [0.1, 0.15) is 29.3 Å². The zero-order valence-corrected chi connectivity index (χ0v) is 23.4. The van der Waals surface area contributed by atoms with Gasteiger partial charge in [0.15, 0.2) is 0 Å². The van der Waals surface area contributed by atoms with Crippen LogP contribution in [0.3, 0.4) is 0 Å². The van der Waals surface area contributed by atoms with Crippen LogP contribution < -0.4 is 15.0 Å². The van der Waals surface area contributed by atoms with Gasteiger partial charge in [0.25, 0.3) is 0 Å². The molecule has 0 atom stereocenters. The largest absolute Gasteiger partial charge is 0.497 e. The number of carbonyl (C=O) groups is 3. The summed E-state index contributed by atoms with van der Waals surface area (Å²) < 4.78 is 5.11. The Kier molecular flexibility index (Phi) is 12.7. The molecule has 0 aliphatic rings. The Hall–Kier alpha value is -5.75. The normalized spacial score (nSPS) is 10.0. The molecule has 0 bridgehead atoms. The highest BCUT2D eigenvalue weighted by molar-refractivity contribution is 5.95. The van der Waals surface area contributed by atoms with Gasteiger partial charge in [-0.05, 0) is 44.2 Å². The second-order valence-electron chi connectivity index (χ2n) is 8.48. The first kappa shape index (κ1) is 32.5. The predicted octanol–water partition coefficient (Wildman–Crippen LogP) is 5.89. The van der Waals surface area contributed by atoms with E-state index in [4.69, 9.17) is 14.9 Å². The quantitative estimate of drug-likeness (QED) is 0.236. The fourth-order valence-corrected chi connectivity index (χ4v) is 3.62. The molecule has 0 spiro atoms. The number of aliphatic carboxylic acids is 1. The smallest absolute Gasteiger partial charge is 0.335 e. The highest BCUT2D eigenvalue weighted by Crippen LogP contribution is 2.34. The van der Waals surface area contributed by atoms with E-state index in [0.717, 1.165) is 18.8 Å². The second-order valence-corrected chi connectivity index (χ2v) is 8.48. The monoisotopic (exact) mass is 570 g/mol. The topological polar surface area (TPSA) is 188 Å². The number of rotatable bonds is 11. The summed E-state index contributed by atoms with van der Waals surface area (Å²) in [6.07, 6.45) is -0.502. The number of hydrogen-bond donors (Lipinski definition) is 3. The van der Waals surface area contributed by atoms with E-state index < -0.39 is 17.8 Å². The average molecular weight is 571 g/mol. The number of carbonyl (C=O) groups excluding carboxylic acids is 1. The van der Waals surface area contributed by atoms with Gasteiger partial charge in [-0.3, -0.25) is 9.59 Å². The Balaban J connectivity index is 0.000000581. The van der Waals surface area contributed by atoms with E-state index in [1.54, 1.807) is 42.5 Å². The Labute approximate surface area is 243 Å². The number of nitrogens with zero attached hydrogens (tertiary/aromatic N) is 5. The molecule has 0 unspecified atom stereocenters. The van der Waals surface area contributed by atoms with Crippen molar-refractivity contribution in [1.82, 2.24) is 0 Å². The second kappa shape index (κ2) is 16.4. The lowest BCUT2D eigenvalue weighted by atomic mass is 10.1. The van der Waals surface area contributed by atoms with Gasteiger partial charge in [-0.2, -0.15) is 10.5 Å². The molecule has 0 saturated heterocycles. The Morgan fingerprint density at radius 2 is 1.52 bits per heavy atom. The molecule has 216 valence electrons. The third-order valence-electron chi connectivity index (χ3n) is 5.79. The van der Waals surface area contributed by atoms with Crippen LogP contribution in [-0.4, -0.2) is 48.3 Å². The summed E-state index contributed by atoms with van der Waals surface area (Å²) in [6, 6.07) is 20.4. The number of amides is 1. The molecular weight excluding hydrogens is 540 g/mol. The Bertz CT molecular complexity index is 1490. The molecule has 0 heterocycles. The molecule has 3 rings (SSSR count). The number of hydrogen-bond acceptors (Lipinski definition) is 9. The fourth-order valence-electron chi connectivity index (χ4n) is 3.62. The van der Waals surface area contributed by atoms with E-state index in [1.807, 2.05) is 32.1 Å². The van der Waals surface area contributed by atoms with Gasteiger partial charge >= 0.3 is 11.9 Å². The summed E-state index contributed by atoms with van der Waals surface area (Å²) in [4.78, 5) is 35.3. The number of anilines is 2. The van der Waals surface area contributed by atoms with Crippen molar-refractivity contribution in [2.24, 2.45) is 10.2 Å². The maximum Gasteiger partial charge on any atom is 0.335 e. The lowest BCUT2D eigenvalue weighted by Crippen LogP contribution is -2.22. The van der Waals surface area contributed by atoms with Crippen LogP contribution in [0.25, 0.3) is 0 Å². The third kappa shape index (κ3) is 9.47. The molecule has 3 aromatic rings. The molecule has 3 aromatic carbocycles. The summed E-state index contributed by atoms with van der Waals surface area (Å²) >= 11 is 0. The van der Waals surface area contributed by atoms with Crippen molar-refractivity contribution in [3.8, 4) is 17.9 Å². The predicted molar refractivity (Wildman–Crippen MR) is 156 cm³/mol. The van der Waals surface area contributed by atoms with Crippen LogP contribution in [0, 0.1) is 22.7 Å². The maximum absolute atomic E-state index is 12.3. The highest BCUT2D eigenvalue weighted by atomic mass is 16.5. The van der Waals surface area contributed by atoms with Gasteiger partial charge in [0, 0.05) is 37.3 Å². The summed E-state index contributed by atoms with van der Waals surface area (Å²) in [7, 11) is 1.43. The van der Waals surface area contributed by atoms with E-state index >= 15 is 0 Å². The minimum absolute atomic E-state index is 0.0803. The number of ether oxygens (including phenoxy) is 1. The van der Waals surface area contributed by atoms with Crippen molar-refractivity contribution in [2.75, 3.05) is 30.4 Å². The van der Waals surface area contributed by atoms with E-state index in [0.29, 0.717) is 17.0 Å². The van der Waals surface area contributed by atoms with Crippen molar-refractivity contribution in [1.29, 1.82) is 10.5 Å². The number of methoxy groups -OCH3 is 1. The molecule has 12 nitrogen and oxygen atoms in total. The van der Waals surface area contributed by atoms with Crippen LogP contribution in [-0.2, 0) is 9.59 Å². The minimum atomic E-state index is -1.07. The van der Waals surface area contributed by atoms with Gasteiger partial charge in [0.05, 0.1) is 35.9 Å². The lowest BCUT2D eigenvalue weighted by molar-refractivity contribution is -0.138. The van der Waals surface area contributed by atoms with Gasteiger partial charge < -0.3 is 25.2 Å². The first-order chi connectivity index (χ1) is 20.2. The van der Waals surface area contributed by atoms with Crippen molar-refractivity contribution in [3.63, 3.8) is 0 Å². The number of carboxylic acid groups (broad SMARTS) is 2. The van der Waals surface area contributed by atoms with Crippen LogP contribution in [0.5, 0.6) is 5.75 Å². The fraction of sp³-hybridized carbons (Fsp3) is 0.233. The molecule has 3 N–H and O–H groups in total. The molecule has 0 saturated carbocycles. The Morgan fingerprint density at radius 1 is 0.905 bits per heavy atom. The van der Waals surface area contributed by atoms with Crippen LogP contribution >= 0.6 is 0 Å². The maximum atomic E-state index is 12.3. The number of aromatic carboxylic acids is 1. The zero-order valence-electron chi connectivity index (χ0n) is 23.4. The molecule has 12 heteroatoms. The molecular formula is C30H30N6O6. The molecule has 42 heavy (non-hydrogen) atoms. The van der Waals surface area contributed by atoms with Gasteiger partial charge in [-0.15, -0.1) is 10.2 Å². The number of azo groups is 1. The molecule has 0 fully saturated rings. The summed E-state index contributed by atoms with van der Waals surface area (Å²) in [5, 5.41) is 47.1. The average Bonchev–Trinajstić information content (AvgIpc) is 3.00. The Morgan fingerprint density at radius 3 is 2.00 bits per heavy atom. The van der Waals surface area contributed by atoms with Crippen LogP contribution in [0.15, 0.2) is 70.9 Å². The van der Waals surface area contributed by atoms with Crippen molar-refractivity contribution in [2.45, 2.75) is 26.7 Å². The number of carboxylic acids is 2. The zero-order chi connectivity index (χ0) is 31.1. The van der Waals surface area contributed by atoms with Gasteiger partial charge in [0.2, 0.25) is 5.91 Å². The van der Waals surface area contributed by atoms with Crippen LogP contribution in [0.2, 0.25) is 0 Å². The highest BCUT2D eigenvalue weighted by Gasteiger charge is 2.14. The van der Waals surface area contributed by atoms with E-state index in [1.165, 1.54) is 19.2 Å². The first-order valence-electron chi connectivity index (χ1n) is 12.8. The van der Waals surface area contributed by atoms with Crippen LogP contribution in [0.4, 0.5) is 22.7 Å². The molecule has 0 radical (unpaired) electrons. The first-order valence-corrected chi connectivity index (χ1v) is 12.8. The molecule has 1 amide bonds. The standard InChI is InChI=1S/C23H24N6O4.C7H6O2/c1-4-29(5-2)17-6-7-19(20(12-17)26-21(30)8-9-22(31)32)27-28-23-15(13-24)10-18(33-3)11-16(23)14-25;8-7(9)6-4-2-1-3-5-6/h6-7,10-12H,4-5,8-9H2,1-3H3,(H,26,30)(H,31,32);1-5H,(H,8,9). The minimum Gasteiger partial charge on any atom is -0.497 e. The lowest BCUT2D eigenvalue weighted by Gasteiger charge is -2.22. The van der Waals surface area contributed by atoms with E-state index in [9.17, 15) is 24.9 Å². The van der Waals surface area contributed by atoms with Crippen molar-refractivity contribution >= 4 is 40.6 Å². The van der Waals surface area contributed by atoms with E-state index in [2.05, 4.69) is 20.4 Å². The van der Waals surface area contributed by atoms with Gasteiger partial charge in [-0.1, -0.05) is 18.2 Å². The van der Waals surface area contributed by atoms with Gasteiger partial charge in [-0.25, -0.2) is 4.79 Å². The van der Waals surface area contributed by atoms with Crippen molar-refractivity contribution < 1.29 is 29.3 Å². The summed E-state index contributed by atoms with van der Waals surface area (Å²) in [5.74, 6) is -2.09. The molecule has 0 aromatic heterocycles. The SMILES string of the molecule is CCN(CC)c1ccc(N=Nc2c(C#N)cc(OC)cc2C#N)c(NC(=O)CCC(=O)O)c1.O=C(O)c1ccccc1. The van der Waals surface area contributed by atoms with Crippen LogP contribution in [0.1, 0.15) is 48.2 Å². The molecule has 0 aliphatic carbocycles. The van der Waals surface area contributed by atoms with Crippen molar-refractivity contribution in [3.05, 3.63) is 77.4 Å². The third-order valence-corrected chi connectivity index (χ3v) is 5.79. The number of nitrogens with one attached hydrogen (secondary N) is 1. The summed E-state index contributed by atoms with van der Waals surface area (Å²) in [6.45, 7) is 5.48.